The smallest absolute Gasteiger partial charge is 0.0699 e. The van der Waals surface area contributed by atoms with Crippen LogP contribution in [0.25, 0.3) is 0 Å². The molecule has 0 amide bonds. The molecule has 1 heterocycles. The lowest BCUT2D eigenvalue weighted by atomic mass is 10.1. The van der Waals surface area contributed by atoms with Crippen LogP contribution in [0.15, 0.2) is 0 Å². The minimum atomic E-state index is 0.487. The summed E-state index contributed by atoms with van der Waals surface area (Å²) in [4.78, 5) is 0. The summed E-state index contributed by atoms with van der Waals surface area (Å²) < 4.78 is 5.77. The Kier molecular flexibility index (Phi) is 5.40. The Labute approximate surface area is 82.0 Å². The predicted molar refractivity (Wildman–Crippen MR) is 55.9 cm³/mol. The first-order valence-corrected chi connectivity index (χ1v) is 5.61. The molecule has 1 rings (SSSR count). The zero-order chi connectivity index (χ0) is 9.52. The largest absolute Gasteiger partial charge is 0.377 e. The Morgan fingerprint density at radius 1 is 1.46 bits per heavy atom. The van der Waals surface area contributed by atoms with E-state index >= 15 is 0 Å². The molecule has 13 heavy (non-hydrogen) atoms. The molecule has 78 valence electrons. The molecule has 0 saturated carbocycles. The van der Waals surface area contributed by atoms with Crippen molar-refractivity contribution in [1.29, 1.82) is 0 Å². The predicted octanol–water partition coefficient (Wildman–Crippen LogP) is 2.19. The van der Waals surface area contributed by atoms with Crippen LogP contribution in [0.2, 0.25) is 0 Å². The Morgan fingerprint density at radius 3 is 2.92 bits per heavy atom. The highest BCUT2D eigenvalue weighted by atomic mass is 16.5. The second-order valence-corrected chi connectivity index (χ2v) is 4.38. The molecule has 0 aliphatic carbocycles. The molecule has 1 fully saturated rings. The standard InChI is InChI=1S/C11H23NO/c1-10(2)5-4-8-13-11-6-3-7-12-9-11/h10-12H,3-9H2,1-2H3. The second kappa shape index (κ2) is 6.39. The van der Waals surface area contributed by atoms with Gasteiger partial charge in [-0.3, -0.25) is 0 Å². The topological polar surface area (TPSA) is 21.3 Å². The number of nitrogens with one attached hydrogen (secondary N) is 1. The van der Waals surface area contributed by atoms with Crippen LogP contribution < -0.4 is 5.32 Å². The fourth-order valence-corrected chi connectivity index (χ4v) is 1.70. The first-order chi connectivity index (χ1) is 6.29. The van der Waals surface area contributed by atoms with Crippen molar-refractivity contribution < 1.29 is 4.74 Å². The van der Waals surface area contributed by atoms with E-state index in [0.717, 1.165) is 19.1 Å². The number of piperidine rings is 1. The van der Waals surface area contributed by atoms with Gasteiger partial charge in [-0.05, 0) is 38.1 Å². The van der Waals surface area contributed by atoms with Crippen LogP contribution in [0.1, 0.15) is 39.5 Å². The van der Waals surface area contributed by atoms with Gasteiger partial charge in [0.2, 0.25) is 0 Å². The SMILES string of the molecule is CC(C)CCCOC1CCCNC1. The molecule has 0 aromatic heterocycles. The van der Waals surface area contributed by atoms with Crippen molar-refractivity contribution >= 4 is 0 Å². The highest BCUT2D eigenvalue weighted by Gasteiger charge is 2.12. The minimum Gasteiger partial charge on any atom is -0.377 e. The van der Waals surface area contributed by atoms with Crippen LogP contribution in [0.3, 0.4) is 0 Å². The summed E-state index contributed by atoms with van der Waals surface area (Å²) in [7, 11) is 0. The van der Waals surface area contributed by atoms with Gasteiger partial charge in [0.05, 0.1) is 6.10 Å². The Morgan fingerprint density at radius 2 is 2.31 bits per heavy atom. The van der Waals surface area contributed by atoms with Gasteiger partial charge in [-0.25, -0.2) is 0 Å². The fraction of sp³-hybridized carbons (Fsp3) is 1.00. The number of hydrogen-bond acceptors (Lipinski definition) is 2. The second-order valence-electron chi connectivity index (χ2n) is 4.38. The summed E-state index contributed by atoms with van der Waals surface area (Å²) in [5.41, 5.74) is 0. The average molecular weight is 185 g/mol. The van der Waals surface area contributed by atoms with E-state index in [0.29, 0.717) is 6.10 Å². The summed E-state index contributed by atoms with van der Waals surface area (Å²) >= 11 is 0. The van der Waals surface area contributed by atoms with E-state index in [1.807, 2.05) is 0 Å². The van der Waals surface area contributed by atoms with Gasteiger partial charge in [-0.2, -0.15) is 0 Å². The van der Waals surface area contributed by atoms with E-state index in [4.69, 9.17) is 4.74 Å². The van der Waals surface area contributed by atoms with E-state index in [1.165, 1.54) is 32.2 Å². The lowest BCUT2D eigenvalue weighted by Gasteiger charge is -2.23. The molecule has 0 aromatic carbocycles. The summed E-state index contributed by atoms with van der Waals surface area (Å²) in [5.74, 6) is 0.813. The van der Waals surface area contributed by atoms with Crippen LogP contribution in [0, 0.1) is 5.92 Å². The molecular weight excluding hydrogens is 162 g/mol. The normalized spacial score (nSPS) is 23.8. The average Bonchev–Trinajstić information content (AvgIpc) is 2.14. The van der Waals surface area contributed by atoms with Gasteiger partial charge in [0.25, 0.3) is 0 Å². The van der Waals surface area contributed by atoms with Gasteiger partial charge in [0.1, 0.15) is 0 Å². The molecule has 2 nitrogen and oxygen atoms in total. The van der Waals surface area contributed by atoms with Crippen LogP contribution in [0.4, 0.5) is 0 Å². The van der Waals surface area contributed by atoms with Crippen molar-refractivity contribution in [2.75, 3.05) is 19.7 Å². The maximum absolute atomic E-state index is 5.77. The van der Waals surface area contributed by atoms with Crippen molar-refractivity contribution in [1.82, 2.24) is 5.32 Å². The quantitative estimate of drug-likeness (QED) is 0.663. The third-order valence-corrected chi connectivity index (χ3v) is 2.53. The lowest BCUT2D eigenvalue weighted by molar-refractivity contribution is 0.0338. The van der Waals surface area contributed by atoms with Crippen molar-refractivity contribution in [3.8, 4) is 0 Å². The number of rotatable bonds is 5. The number of ether oxygens (including phenoxy) is 1. The molecule has 1 unspecified atom stereocenters. The zero-order valence-electron chi connectivity index (χ0n) is 9.01. The molecule has 2 heteroatoms. The molecule has 1 N–H and O–H groups in total. The maximum Gasteiger partial charge on any atom is 0.0699 e. The van der Waals surface area contributed by atoms with Crippen molar-refractivity contribution in [3.05, 3.63) is 0 Å². The molecule has 1 atom stereocenters. The maximum atomic E-state index is 5.77. The lowest BCUT2D eigenvalue weighted by Crippen LogP contribution is -2.35. The Balaban J connectivity index is 1.92. The van der Waals surface area contributed by atoms with Gasteiger partial charge >= 0.3 is 0 Å². The molecular formula is C11H23NO. The summed E-state index contributed by atoms with van der Waals surface area (Å²) in [6.07, 6.45) is 5.51. The Bertz CT molecular complexity index is 119. The fourth-order valence-electron chi connectivity index (χ4n) is 1.70. The summed E-state index contributed by atoms with van der Waals surface area (Å²) in [5, 5.41) is 3.36. The van der Waals surface area contributed by atoms with Crippen LogP contribution in [0.5, 0.6) is 0 Å². The van der Waals surface area contributed by atoms with E-state index < -0.39 is 0 Å². The van der Waals surface area contributed by atoms with Gasteiger partial charge in [0.15, 0.2) is 0 Å². The summed E-state index contributed by atoms with van der Waals surface area (Å²) in [6, 6.07) is 0. The minimum absolute atomic E-state index is 0.487. The van der Waals surface area contributed by atoms with E-state index in [2.05, 4.69) is 19.2 Å². The highest BCUT2D eigenvalue weighted by Crippen LogP contribution is 2.08. The molecule has 0 bridgehead atoms. The van der Waals surface area contributed by atoms with Crippen molar-refractivity contribution in [2.45, 2.75) is 45.6 Å². The number of hydrogen-bond donors (Lipinski definition) is 1. The molecule has 1 saturated heterocycles. The third kappa shape index (κ3) is 5.27. The van der Waals surface area contributed by atoms with E-state index in [9.17, 15) is 0 Å². The van der Waals surface area contributed by atoms with Gasteiger partial charge < -0.3 is 10.1 Å². The molecule has 0 aromatic rings. The summed E-state index contributed by atoms with van der Waals surface area (Å²) in [6.45, 7) is 7.71. The first-order valence-electron chi connectivity index (χ1n) is 5.61. The molecule has 1 aliphatic heterocycles. The van der Waals surface area contributed by atoms with Crippen molar-refractivity contribution in [2.24, 2.45) is 5.92 Å². The van der Waals surface area contributed by atoms with Gasteiger partial charge in [-0.15, -0.1) is 0 Å². The van der Waals surface area contributed by atoms with Crippen molar-refractivity contribution in [3.63, 3.8) is 0 Å². The first kappa shape index (κ1) is 11.0. The molecule has 0 spiro atoms. The monoisotopic (exact) mass is 185 g/mol. The van der Waals surface area contributed by atoms with E-state index in [-0.39, 0.29) is 0 Å². The van der Waals surface area contributed by atoms with Gasteiger partial charge in [-0.1, -0.05) is 13.8 Å². The van der Waals surface area contributed by atoms with E-state index in [1.54, 1.807) is 0 Å². The zero-order valence-corrected chi connectivity index (χ0v) is 9.01. The molecule has 0 radical (unpaired) electrons. The van der Waals surface area contributed by atoms with Crippen LogP contribution in [-0.2, 0) is 4.74 Å². The third-order valence-electron chi connectivity index (χ3n) is 2.53. The molecule has 1 aliphatic rings. The van der Waals surface area contributed by atoms with Crippen LogP contribution >= 0.6 is 0 Å². The highest BCUT2D eigenvalue weighted by molar-refractivity contribution is 4.68. The van der Waals surface area contributed by atoms with Gasteiger partial charge in [0, 0.05) is 13.2 Å². The van der Waals surface area contributed by atoms with Crippen LogP contribution in [-0.4, -0.2) is 25.8 Å². The Hall–Kier alpha value is -0.0800.